The van der Waals surface area contributed by atoms with Gasteiger partial charge >= 0.3 is 0 Å². The highest BCUT2D eigenvalue weighted by Crippen LogP contribution is 2.28. The molecule has 4 nitrogen and oxygen atoms in total. The Hall–Kier alpha value is -1.82. The van der Waals surface area contributed by atoms with Gasteiger partial charge in [0.2, 0.25) is 0 Å². The Morgan fingerprint density at radius 1 is 1.50 bits per heavy atom. The molecule has 18 heavy (non-hydrogen) atoms. The molecule has 1 aromatic heterocycles. The molecule has 1 aromatic carbocycles. The summed E-state index contributed by atoms with van der Waals surface area (Å²) in [5, 5.41) is 3.02. The minimum absolute atomic E-state index is 0.287. The quantitative estimate of drug-likeness (QED) is 0.836. The molecule has 96 valence electrons. The van der Waals surface area contributed by atoms with Gasteiger partial charge in [-0.1, -0.05) is 0 Å². The number of halogens is 1. The van der Waals surface area contributed by atoms with Gasteiger partial charge in [-0.15, -0.1) is 11.3 Å². The SMILES string of the molecule is COc1cc(NCc2scnc2C)c(F)cc1N. The van der Waals surface area contributed by atoms with Crippen LogP contribution in [0.3, 0.4) is 0 Å². The van der Waals surface area contributed by atoms with Gasteiger partial charge in [-0.3, -0.25) is 0 Å². The predicted octanol–water partition coefficient (Wildman–Crippen LogP) is 2.79. The molecule has 0 radical (unpaired) electrons. The normalized spacial score (nSPS) is 10.4. The third-order valence-corrected chi connectivity index (χ3v) is 3.54. The number of ether oxygens (including phenoxy) is 1. The summed E-state index contributed by atoms with van der Waals surface area (Å²) in [6, 6.07) is 2.81. The second-order valence-corrected chi connectivity index (χ2v) is 4.73. The van der Waals surface area contributed by atoms with Gasteiger partial charge in [-0.05, 0) is 6.92 Å². The number of aryl methyl sites for hydroxylation is 1. The van der Waals surface area contributed by atoms with Gasteiger partial charge in [0.25, 0.3) is 0 Å². The number of nitrogens with one attached hydrogen (secondary N) is 1. The summed E-state index contributed by atoms with van der Waals surface area (Å²) in [6.45, 7) is 2.45. The average molecular weight is 267 g/mol. The molecule has 2 rings (SSSR count). The molecule has 0 spiro atoms. The molecule has 2 aromatic rings. The zero-order valence-electron chi connectivity index (χ0n) is 10.2. The van der Waals surface area contributed by atoms with E-state index in [1.54, 1.807) is 11.6 Å². The Morgan fingerprint density at radius 3 is 2.89 bits per heavy atom. The monoisotopic (exact) mass is 267 g/mol. The van der Waals surface area contributed by atoms with Crippen molar-refractivity contribution in [3.8, 4) is 5.75 Å². The minimum atomic E-state index is -0.393. The zero-order chi connectivity index (χ0) is 13.1. The summed E-state index contributed by atoms with van der Waals surface area (Å²) < 4.78 is 18.7. The fraction of sp³-hybridized carbons (Fsp3) is 0.250. The minimum Gasteiger partial charge on any atom is -0.495 e. The van der Waals surface area contributed by atoms with Crippen molar-refractivity contribution in [1.29, 1.82) is 0 Å². The number of nitrogen functional groups attached to an aromatic ring is 1. The lowest BCUT2D eigenvalue weighted by Crippen LogP contribution is -2.03. The van der Waals surface area contributed by atoms with Crippen LogP contribution < -0.4 is 15.8 Å². The Morgan fingerprint density at radius 2 is 2.28 bits per heavy atom. The van der Waals surface area contributed by atoms with Crippen LogP contribution in [0.2, 0.25) is 0 Å². The van der Waals surface area contributed by atoms with E-state index in [2.05, 4.69) is 10.3 Å². The van der Waals surface area contributed by atoms with Gasteiger partial charge in [-0.25, -0.2) is 9.37 Å². The van der Waals surface area contributed by atoms with Gasteiger partial charge in [0, 0.05) is 17.0 Å². The highest BCUT2D eigenvalue weighted by molar-refractivity contribution is 7.09. The van der Waals surface area contributed by atoms with E-state index in [-0.39, 0.29) is 5.69 Å². The summed E-state index contributed by atoms with van der Waals surface area (Å²) in [7, 11) is 1.50. The van der Waals surface area contributed by atoms with Crippen molar-refractivity contribution < 1.29 is 9.13 Å². The zero-order valence-corrected chi connectivity index (χ0v) is 11.0. The second kappa shape index (κ2) is 5.22. The number of nitrogens with two attached hydrogens (primary N) is 1. The van der Waals surface area contributed by atoms with Crippen LogP contribution in [0, 0.1) is 12.7 Å². The molecule has 0 fully saturated rings. The van der Waals surface area contributed by atoms with E-state index in [0.717, 1.165) is 10.6 Å². The first-order chi connectivity index (χ1) is 8.61. The first kappa shape index (κ1) is 12.6. The van der Waals surface area contributed by atoms with E-state index in [1.807, 2.05) is 6.92 Å². The highest BCUT2D eigenvalue weighted by Gasteiger charge is 2.09. The summed E-state index contributed by atoms with van der Waals surface area (Å²) in [4.78, 5) is 5.21. The largest absolute Gasteiger partial charge is 0.495 e. The Kier molecular flexibility index (Phi) is 3.66. The number of thiazole rings is 1. The smallest absolute Gasteiger partial charge is 0.148 e. The van der Waals surface area contributed by atoms with Crippen LogP contribution in [0.25, 0.3) is 0 Å². The molecule has 0 bridgehead atoms. The maximum absolute atomic E-state index is 13.7. The Bertz CT molecular complexity index is 556. The van der Waals surface area contributed by atoms with Crippen molar-refractivity contribution >= 4 is 22.7 Å². The summed E-state index contributed by atoms with van der Waals surface area (Å²) in [5.74, 6) is 0.0652. The lowest BCUT2D eigenvalue weighted by atomic mass is 10.2. The van der Waals surface area contributed by atoms with Gasteiger partial charge < -0.3 is 15.8 Å². The maximum Gasteiger partial charge on any atom is 0.148 e. The maximum atomic E-state index is 13.7. The van der Waals surface area contributed by atoms with Gasteiger partial charge in [0.05, 0.1) is 36.2 Å². The molecule has 0 atom stereocenters. The van der Waals surface area contributed by atoms with Crippen molar-refractivity contribution in [2.75, 3.05) is 18.2 Å². The molecule has 0 unspecified atom stereocenters. The van der Waals surface area contributed by atoms with E-state index in [4.69, 9.17) is 10.5 Å². The molecule has 0 saturated carbocycles. The lowest BCUT2D eigenvalue weighted by molar-refractivity contribution is 0.416. The second-order valence-electron chi connectivity index (χ2n) is 3.79. The summed E-state index contributed by atoms with van der Waals surface area (Å²) in [5.41, 5.74) is 8.99. The third kappa shape index (κ3) is 2.53. The topological polar surface area (TPSA) is 60.2 Å². The van der Waals surface area contributed by atoms with Crippen molar-refractivity contribution in [3.05, 3.63) is 34.0 Å². The van der Waals surface area contributed by atoms with Gasteiger partial charge in [0.15, 0.2) is 0 Å². The molecule has 1 heterocycles. The number of anilines is 2. The molecular weight excluding hydrogens is 253 g/mol. The van der Waals surface area contributed by atoms with Crippen LogP contribution in [0.5, 0.6) is 5.75 Å². The van der Waals surface area contributed by atoms with E-state index in [1.165, 1.54) is 24.5 Å². The molecular formula is C12H14FN3OS. The Labute approximate surface area is 109 Å². The molecule has 3 N–H and O–H groups in total. The van der Waals surface area contributed by atoms with Crippen molar-refractivity contribution in [2.45, 2.75) is 13.5 Å². The number of methoxy groups -OCH3 is 1. The van der Waals surface area contributed by atoms with E-state index in [0.29, 0.717) is 18.0 Å². The predicted molar refractivity (Wildman–Crippen MR) is 71.5 cm³/mol. The van der Waals surface area contributed by atoms with Crippen LogP contribution in [0.15, 0.2) is 17.6 Å². The van der Waals surface area contributed by atoms with Crippen LogP contribution >= 0.6 is 11.3 Å². The average Bonchev–Trinajstić information content (AvgIpc) is 2.74. The summed E-state index contributed by atoms with van der Waals surface area (Å²) in [6.07, 6.45) is 0. The Balaban J connectivity index is 2.16. The third-order valence-electron chi connectivity index (χ3n) is 2.60. The van der Waals surface area contributed by atoms with Crippen molar-refractivity contribution in [1.82, 2.24) is 4.98 Å². The highest BCUT2D eigenvalue weighted by atomic mass is 32.1. The fourth-order valence-corrected chi connectivity index (χ4v) is 2.27. The summed E-state index contributed by atoms with van der Waals surface area (Å²) >= 11 is 1.54. The number of hydrogen-bond donors (Lipinski definition) is 2. The van der Waals surface area contributed by atoms with Crippen LogP contribution in [0.1, 0.15) is 10.6 Å². The molecule has 0 aliphatic carbocycles. The number of rotatable bonds is 4. The molecule has 6 heteroatoms. The molecule has 0 amide bonds. The van der Waals surface area contributed by atoms with Crippen LogP contribution in [0.4, 0.5) is 15.8 Å². The van der Waals surface area contributed by atoms with Gasteiger partial charge in [0.1, 0.15) is 11.6 Å². The number of aromatic nitrogens is 1. The first-order valence-electron chi connectivity index (χ1n) is 5.37. The van der Waals surface area contributed by atoms with Crippen LogP contribution in [-0.2, 0) is 6.54 Å². The molecule has 0 aliphatic rings. The molecule has 0 aliphatic heterocycles. The fourth-order valence-electron chi connectivity index (χ4n) is 1.55. The molecule has 0 saturated heterocycles. The van der Waals surface area contributed by atoms with Crippen LogP contribution in [-0.4, -0.2) is 12.1 Å². The first-order valence-corrected chi connectivity index (χ1v) is 6.25. The number of hydrogen-bond acceptors (Lipinski definition) is 5. The number of nitrogens with zero attached hydrogens (tertiary/aromatic N) is 1. The van der Waals surface area contributed by atoms with E-state index < -0.39 is 5.82 Å². The standard InChI is InChI=1S/C12H14FN3OS/c1-7-12(18-6-16-7)5-15-10-4-11(17-2)9(14)3-8(10)13/h3-4,6,15H,5,14H2,1-2H3. The lowest BCUT2D eigenvalue weighted by Gasteiger charge is -2.10. The van der Waals surface area contributed by atoms with Crippen molar-refractivity contribution in [2.24, 2.45) is 0 Å². The van der Waals surface area contributed by atoms with Gasteiger partial charge in [-0.2, -0.15) is 0 Å². The van der Waals surface area contributed by atoms with Crippen molar-refractivity contribution in [3.63, 3.8) is 0 Å². The number of benzene rings is 1. The van der Waals surface area contributed by atoms with E-state index in [9.17, 15) is 4.39 Å². The van der Waals surface area contributed by atoms with E-state index >= 15 is 0 Å².